The maximum absolute atomic E-state index is 12.2. The van der Waals surface area contributed by atoms with Gasteiger partial charge in [0.1, 0.15) is 11.9 Å². The van der Waals surface area contributed by atoms with Crippen molar-refractivity contribution >= 4 is 34.7 Å². The lowest BCUT2D eigenvalue weighted by Gasteiger charge is -2.35. The molecule has 1 aromatic heterocycles. The van der Waals surface area contributed by atoms with Gasteiger partial charge in [-0.15, -0.1) is 0 Å². The van der Waals surface area contributed by atoms with Crippen molar-refractivity contribution in [1.29, 1.82) is 5.26 Å². The van der Waals surface area contributed by atoms with Gasteiger partial charge in [0.15, 0.2) is 0 Å². The lowest BCUT2D eigenvalue weighted by Crippen LogP contribution is -2.49. The van der Waals surface area contributed by atoms with E-state index in [1.165, 1.54) is 6.07 Å². The van der Waals surface area contributed by atoms with E-state index in [0.29, 0.717) is 42.7 Å². The van der Waals surface area contributed by atoms with E-state index >= 15 is 0 Å². The van der Waals surface area contributed by atoms with Crippen LogP contribution in [-0.2, 0) is 4.79 Å². The van der Waals surface area contributed by atoms with Gasteiger partial charge in [-0.3, -0.25) is 19.8 Å². The Bertz CT molecular complexity index is 937. The van der Waals surface area contributed by atoms with Crippen molar-refractivity contribution < 1.29 is 9.72 Å². The zero-order valence-electron chi connectivity index (χ0n) is 14.8. The van der Waals surface area contributed by atoms with Crippen LogP contribution < -0.4 is 10.2 Å². The number of nitrogens with one attached hydrogen (secondary N) is 1. The highest BCUT2D eigenvalue weighted by molar-refractivity contribution is 6.33. The van der Waals surface area contributed by atoms with Crippen molar-refractivity contribution in [2.45, 2.75) is 0 Å². The highest BCUT2D eigenvalue weighted by atomic mass is 35.5. The van der Waals surface area contributed by atoms with Gasteiger partial charge < -0.3 is 10.2 Å². The Labute approximate surface area is 166 Å². The zero-order valence-corrected chi connectivity index (χ0v) is 15.6. The second-order valence-corrected chi connectivity index (χ2v) is 6.60. The molecule has 0 bridgehead atoms. The Morgan fingerprint density at radius 3 is 2.61 bits per heavy atom. The minimum absolute atomic E-state index is 0.151. The summed E-state index contributed by atoms with van der Waals surface area (Å²) < 4.78 is 0. The predicted molar refractivity (Wildman–Crippen MR) is 104 cm³/mol. The number of benzene rings is 1. The van der Waals surface area contributed by atoms with E-state index in [0.717, 1.165) is 0 Å². The topological polar surface area (TPSA) is 115 Å². The molecule has 1 aliphatic rings. The summed E-state index contributed by atoms with van der Waals surface area (Å²) in [5.41, 5.74) is 0.0668. The number of pyridine rings is 1. The van der Waals surface area contributed by atoms with E-state index in [9.17, 15) is 14.9 Å². The average molecular weight is 401 g/mol. The molecule has 1 N–H and O–H groups in total. The minimum Gasteiger partial charge on any atom is -0.354 e. The third-order valence-corrected chi connectivity index (χ3v) is 4.70. The van der Waals surface area contributed by atoms with Crippen molar-refractivity contribution in [1.82, 2.24) is 9.88 Å². The Morgan fingerprint density at radius 2 is 1.96 bits per heavy atom. The first kappa shape index (κ1) is 19.5. The normalized spacial score (nSPS) is 14.4. The molecule has 0 aliphatic carbocycles. The summed E-state index contributed by atoms with van der Waals surface area (Å²) in [7, 11) is 0. The molecule has 1 fully saturated rings. The highest BCUT2D eigenvalue weighted by Crippen LogP contribution is 2.22. The molecular formula is C18H17ClN6O3. The number of nitriles is 1. The number of nitrogens with zero attached hydrogens (tertiary/aromatic N) is 5. The van der Waals surface area contributed by atoms with Crippen molar-refractivity contribution in [3.8, 4) is 6.07 Å². The summed E-state index contributed by atoms with van der Waals surface area (Å²) in [6.07, 6.45) is 0. The van der Waals surface area contributed by atoms with Crippen LogP contribution in [0.3, 0.4) is 0 Å². The fourth-order valence-corrected chi connectivity index (χ4v) is 3.12. The first-order valence-corrected chi connectivity index (χ1v) is 8.93. The van der Waals surface area contributed by atoms with Gasteiger partial charge in [-0.1, -0.05) is 23.7 Å². The smallest absolute Gasteiger partial charge is 0.305 e. The molecule has 0 atom stereocenters. The molecule has 10 heteroatoms. The SMILES string of the molecule is N#Cc1nc(N2CCN(CC(=O)Nc3ccccc3Cl)CC2)ccc1[N+](=O)[O-]. The second kappa shape index (κ2) is 8.65. The summed E-state index contributed by atoms with van der Waals surface area (Å²) >= 11 is 6.05. The number of anilines is 2. The summed E-state index contributed by atoms with van der Waals surface area (Å²) in [4.78, 5) is 30.6. The first-order chi connectivity index (χ1) is 13.5. The van der Waals surface area contributed by atoms with Crippen LogP contribution >= 0.6 is 11.6 Å². The lowest BCUT2D eigenvalue weighted by atomic mass is 10.2. The maximum Gasteiger partial charge on any atom is 0.305 e. The largest absolute Gasteiger partial charge is 0.354 e. The van der Waals surface area contributed by atoms with E-state index in [2.05, 4.69) is 10.3 Å². The van der Waals surface area contributed by atoms with Gasteiger partial charge in [0.25, 0.3) is 0 Å². The number of piperazine rings is 1. The molecule has 0 unspecified atom stereocenters. The van der Waals surface area contributed by atoms with Crippen molar-refractivity contribution in [2.75, 3.05) is 42.9 Å². The number of para-hydroxylation sites is 1. The number of amides is 1. The van der Waals surface area contributed by atoms with Crippen LogP contribution in [0.25, 0.3) is 0 Å². The summed E-state index contributed by atoms with van der Waals surface area (Å²) in [5.74, 6) is 0.365. The van der Waals surface area contributed by atoms with Gasteiger partial charge in [0.2, 0.25) is 11.6 Å². The number of carbonyl (C=O) groups excluding carboxylic acids is 1. The second-order valence-electron chi connectivity index (χ2n) is 6.20. The number of aromatic nitrogens is 1. The fourth-order valence-electron chi connectivity index (χ4n) is 2.94. The predicted octanol–water partition coefficient (Wildman–Crippen LogP) is 2.28. The Kier molecular flexibility index (Phi) is 6.03. The average Bonchev–Trinajstić information content (AvgIpc) is 2.69. The number of hydrogen-bond acceptors (Lipinski definition) is 7. The number of hydrogen-bond donors (Lipinski definition) is 1. The molecule has 1 amide bonds. The highest BCUT2D eigenvalue weighted by Gasteiger charge is 2.23. The van der Waals surface area contributed by atoms with Gasteiger partial charge >= 0.3 is 5.69 Å². The maximum atomic E-state index is 12.2. The van der Waals surface area contributed by atoms with E-state index < -0.39 is 4.92 Å². The van der Waals surface area contributed by atoms with Gasteiger partial charge in [-0.2, -0.15) is 5.26 Å². The van der Waals surface area contributed by atoms with Crippen LogP contribution in [0.4, 0.5) is 17.2 Å². The molecule has 0 spiro atoms. The van der Waals surface area contributed by atoms with Crippen LogP contribution in [0.2, 0.25) is 5.02 Å². The Hall–Kier alpha value is -3.22. The molecule has 0 radical (unpaired) electrons. The molecule has 1 aliphatic heterocycles. The minimum atomic E-state index is -0.620. The summed E-state index contributed by atoms with van der Waals surface area (Å²) in [6.45, 7) is 2.66. The lowest BCUT2D eigenvalue weighted by molar-refractivity contribution is -0.385. The molecule has 144 valence electrons. The summed E-state index contributed by atoms with van der Waals surface area (Å²) in [5, 5.41) is 23.3. The monoisotopic (exact) mass is 400 g/mol. The molecule has 1 aromatic carbocycles. The third-order valence-electron chi connectivity index (χ3n) is 4.37. The van der Waals surface area contributed by atoms with E-state index in [4.69, 9.17) is 16.9 Å². The molecule has 2 aromatic rings. The molecule has 1 saturated heterocycles. The molecule has 9 nitrogen and oxygen atoms in total. The van der Waals surface area contributed by atoms with Crippen molar-refractivity contribution in [3.63, 3.8) is 0 Å². The number of nitro groups is 1. The molecule has 2 heterocycles. The van der Waals surface area contributed by atoms with Crippen LogP contribution in [0.5, 0.6) is 0 Å². The van der Waals surface area contributed by atoms with Gasteiger partial charge in [-0.25, -0.2) is 4.98 Å². The zero-order chi connectivity index (χ0) is 20.1. The third kappa shape index (κ3) is 4.54. The van der Waals surface area contributed by atoms with E-state index in [-0.39, 0.29) is 23.8 Å². The van der Waals surface area contributed by atoms with Crippen LogP contribution in [-0.4, -0.2) is 53.4 Å². The number of rotatable bonds is 5. The number of carbonyl (C=O) groups is 1. The first-order valence-electron chi connectivity index (χ1n) is 8.55. The molecule has 28 heavy (non-hydrogen) atoms. The van der Waals surface area contributed by atoms with Crippen molar-refractivity contribution in [3.05, 3.63) is 57.2 Å². The molecular weight excluding hydrogens is 384 g/mol. The van der Waals surface area contributed by atoms with Gasteiger partial charge in [0.05, 0.1) is 22.2 Å². The Balaban J connectivity index is 1.56. The van der Waals surface area contributed by atoms with E-state index in [1.54, 1.807) is 36.4 Å². The molecule has 0 saturated carbocycles. The summed E-state index contributed by atoms with van der Waals surface area (Å²) in [6, 6.07) is 11.6. The van der Waals surface area contributed by atoms with Gasteiger partial charge in [0, 0.05) is 32.2 Å². The quantitative estimate of drug-likeness (QED) is 0.604. The van der Waals surface area contributed by atoms with Crippen molar-refractivity contribution in [2.24, 2.45) is 0 Å². The Morgan fingerprint density at radius 1 is 1.25 bits per heavy atom. The van der Waals surface area contributed by atoms with Crippen LogP contribution in [0, 0.1) is 21.4 Å². The van der Waals surface area contributed by atoms with E-state index in [1.807, 2.05) is 9.80 Å². The van der Waals surface area contributed by atoms with Crippen LogP contribution in [0.1, 0.15) is 5.69 Å². The standard InChI is InChI=1S/C18H17ClN6O3/c19-13-3-1-2-4-14(13)22-18(26)12-23-7-9-24(10-8-23)17-6-5-16(25(27)28)15(11-20)21-17/h1-6H,7-10,12H2,(H,22,26). The molecule has 3 rings (SSSR count). The number of halogens is 1. The van der Waals surface area contributed by atoms with Gasteiger partial charge in [-0.05, 0) is 18.2 Å². The van der Waals surface area contributed by atoms with Crippen LogP contribution in [0.15, 0.2) is 36.4 Å². The fraction of sp³-hybridized carbons (Fsp3) is 0.278.